The largest absolute Gasteiger partial charge is 0.484 e. The number of hydrogen-bond acceptors (Lipinski definition) is 3. The molecule has 148 valence electrons. The Balaban J connectivity index is 1.59. The van der Waals surface area contributed by atoms with Crippen LogP contribution in [0.5, 0.6) is 5.75 Å². The molecule has 3 N–H and O–H groups in total. The van der Waals surface area contributed by atoms with Gasteiger partial charge >= 0.3 is 0 Å². The number of hydrogen-bond donors (Lipinski definition) is 2. The van der Waals surface area contributed by atoms with E-state index in [9.17, 15) is 4.79 Å². The first kappa shape index (κ1) is 19.7. The van der Waals surface area contributed by atoms with Gasteiger partial charge in [-0.05, 0) is 55.5 Å². The molecule has 6 nitrogen and oxygen atoms in total. The van der Waals surface area contributed by atoms with Gasteiger partial charge in [0.05, 0.1) is 0 Å². The fourth-order valence-corrected chi connectivity index (χ4v) is 3.17. The standard InChI is InChI=1S/C22H28N4O2/c23-21(27)17-28-20-11-9-18(10-12-20)13-14-24-22(26-15-5-2-6-16-26)25-19-7-3-1-4-8-19/h1,3-4,7-12H,2,5-6,13-17H2,(H2,23,27)(H,24,25). The topological polar surface area (TPSA) is 80.0 Å². The number of rotatable bonds is 7. The summed E-state index contributed by atoms with van der Waals surface area (Å²) >= 11 is 0. The van der Waals surface area contributed by atoms with Crippen LogP contribution < -0.4 is 15.8 Å². The second kappa shape index (κ2) is 10.3. The average Bonchev–Trinajstić information content (AvgIpc) is 2.74. The molecule has 6 heteroatoms. The van der Waals surface area contributed by atoms with Crippen LogP contribution in [-0.2, 0) is 11.2 Å². The van der Waals surface area contributed by atoms with E-state index in [1.807, 2.05) is 42.5 Å². The molecule has 3 rings (SSSR count). The molecule has 0 unspecified atom stereocenters. The Hall–Kier alpha value is -3.02. The van der Waals surface area contributed by atoms with Gasteiger partial charge in [-0.3, -0.25) is 9.79 Å². The molecule has 28 heavy (non-hydrogen) atoms. The van der Waals surface area contributed by atoms with Crippen LogP contribution in [0.2, 0.25) is 0 Å². The summed E-state index contributed by atoms with van der Waals surface area (Å²) in [7, 11) is 0. The SMILES string of the molecule is NC(=O)COc1ccc(CCN=C(Nc2ccccc2)N2CCCCC2)cc1. The zero-order chi connectivity index (χ0) is 19.6. The van der Waals surface area contributed by atoms with Crippen molar-refractivity contribution in [3.05, 3.63) is 60.2 Å². The number of benzene rings is 2. The van der Waals surface area contributed by atoms with Gasteiger partial charge < -0.3 is 20.7 Å². The van der Waals surface area contributed by atoms with Crippen LogP contribution in [-0.4, -0.2) is 43.0 Å². The molecule has 1 amide bonds. The minimum absolute atomic E-state index is 0.103. The van der Waals surface area contributed by atoms with Crippen LogP contribution in [0.25, 0.3) is 0 Å². The lowest BCUT2D eigenvalue weighted by molar-refractivity contribution is -0.119. The minimum atomic E-state index is -0.477. The van der Waals surface area contributed by atoms with Gasteiger partial charge in [-0.15, -0.1) is 0 Å². The second-order valence-electron chi connectivity index (χ2n) is 6.89. The highest BCUT2D eigenvalue weighted by atomic mass is 16.5. The predicted octanol–water partition coefficient (Wildman–Crippen LogP) is 3.05. The van der Waals surface area contributed by atoms with E-state index < -0.39 is 5.91 Å². The Morgan fingerprint density at radius 2 is 1.75 bits per heavy atom. The van der Waals surface area contributed by atoms with Crippen LogP contribution in [0, 0.1) is 0 Å². The monoisotopic (exact) mass is 380 g/mol. The summed E-state index contributed by atoms with van der Waals surface area (Å²) in [4.78, 5) is 18.0. The maximum absolute atomic E-state index is 10.8. The first-order valence-electron chi connectivity index (χ1n) is 9.82. The maximum Gasteiger partial charge on any atom is 0.255 e. The normalized spacial score (nSPS) is 14.6. The number of nitrogens with two attached hydrogens (primary N) is 1. The molecule has 1 fully saturated rings. The highest BCUT2D eigenvalue weighted by molar-refractivity contribution is 5.93. The predicted molar refractivity (Wildman–Crippen MR) is 113 cm³/mol. The summed E-state index contributed by atoms with van der Waals surface area (Å²) in [5, 5.41) is 3.48. The van der Waals surface area contributed by atoms with Gasteiger partial charge in [0.2, 0.25) is 0 Å². The molecule has 1 aliphatic rings. The fourth-order valence-electron chi connectivity index (χ4n) is 3.17. The molecule has 0 saturated carbocycles. The molecule has 1 heterocycles. The van der Waals surface area contributed by atoms with Crippen molar-refractivity contribution in [3.8, 4) is 5.75 Å². The number of likely N-dealkylation sites (tertiary alicyclic amines) is 1. The Labute approximate surface area is 166 Å². The van der Waals surface area contributed by atoms with E-state index in [4.69, 9.17) is 15.5 Å². The lowest BCUT2D eigenvalue weighted by atomic mass is 10.1. The number of amides is 1. The summed E-state index contributed by atoms with van der Waals surface area (Å²) in [5.74, 6) is 1.12. The molecule has 2 aromatic carbocycles. The number of piperidine rings is 1. The highest BCUT2D eigenvalue weighted by Gasteiger charge is 2.14. The summed E-state index contributed by atoms with van der Waals surface area (Å²) in [6.45, 7) is 2.69. The molecule has 0 aliphatic carbocycles. The van der Waals surface area contributed by atoms with Crippen molar-refractivity contribution in [2.75, 3.05) is 31.6 Å². The number of nitrogens with zero attached hydrogens (tertiary/aromatic N) is 2. The summed E-state index contributed by atoms with van der Waals surface area (Å²) in [5.41, 5.74) is 7.32. The lowest BCUT2D eigenvalue weighted by Gasteiger charge is -2.30. The third-order valence-corrected chi connectivity index (χ3v) is 4.65. The second-order valence-corrected chi connectivity index (χ2v) is 6.89. The minimum Gasteiger partial charge on any atom is -0.484 e. The van der Waals surface area contributed by atoms with E-state index in [-0.39, 0.29) is 6.61 Å². The molecule has 0 radical (unpaired) electrons. The molecule has 1 aliphatic heterocycles. The fraction of sp³-hybridized carbons (Fsp3) is 0.364. The third kappa shape index (κ3) is 6.30. The molecular formula is C22H28N4O2. The number of ether oxygens (including phenoxy) is 1. The van der Waals surface area contributed by atoms with Gasteiger partial charge in [0.15, 0.2) is 12.6 Å². The smallest absolute Gasteiger partial charge is 0.255 e. The van der Waals surface area contributed by atoms with Gasteiger partial charge in [0, 0.05) is 25.3 Å². The van der Waals surface area contributed by atoms with Crippen LogP contribution >= 0.6 is 0 Å². The van der Waals surface area contributed by atoms with Gasteiger partial charge in [-0.25, -0.2) is 0 Å². The number of carbonyl (C=O) groups excluding carboxylic acids is 1. The highest BCUT2D eigenvalue weighted by Crippen LogP contribution is 2.14. The number of anilines is 1. The molecule has 0 spiro atoms. The lowest BCUT2D eigenvalue weighted by Crippen LogP contribution is -2.40. The van der Waals surface area contributed by atoms with Crippen LogP contribution in [0.4, 0.5) is 5.69 Å². The van der Waals surface area contributed by atoms with Crippen molar-refractivity contribution >= 4 is 17.6 Å². The first-order chi connectivity index (χ1) is 13.7. The van der Waals surface area contributed by atoms with Crippen molar-refractivity contribution in [1.29, 1.82) is 0 Å². The van der Waals surface area contributed by atoms with Crippen molar-refractivity contribution < 1.29 is 9.53 Å². The van der Waals surface area contributed by atoms with Crippen molar-refractivity contribution in [2.45, 2.75) is 25.7 Å². The molecule has 0 aromatic heterocycles. The number of primary amides is 1. The Morgan fingerprint density at radius 3 is 2.43 bits per heavy atom. The Morgan fingerprint density at radius 1 is 1.04 bits per heavy atom. The van der Waals surface area contributed by atoms with Crippen LogP contribution in [0.1, 0.15) is 24.8 Å². The van der Waals surface area contributed by atoms with Gasteiger partial charge in [0.25, 0.3) is 5.91 Å². The zero-order valence-electron chi connectivity index (χ0n) is 16.1. The Kier molecular flexibility index (Phi) is 7.29. The van der Waals surface area contributed by atoms with E-state index in [1.165, 1.54) is 24.8 Å². The van der Waals surface area contributed by atoms with Crippen molar-refractivity contribution in [1.82, 2.24) is 4.90 Å². The quantitative estimate of drug-likeness (QED) is 0.571. The average molecular weight is 380 g/mol. The van der Waals surface area contributed by atoms with E-state index in [0.29, 0.717) is 12.3 Å². The van der Waals surface area contributed by atoms with Crippen molar-refractivity contribution in [2.24, 2.45) is 10.7 Å². The van der Waals surface area contributed by atoms with Crippen LogP contribution in [0.15, 0.2) is 59.6 Å². The molecule has 0 atom stereocenters. The van der Waals surface area contributed by atoms with Gasteiger partial charge in [-0.2, -0.15) is 0 Å². The number of guanidine groups is 1. The zero-order valence-corrected chi connectivity index (χ0v) is 16.1. The summed E-state index contributed by atoms with van der Waals surface area (Å²) in [6, 6.07) is 17.9. The van der Waals surface area contributed by atoms with Crippen LogP contribution in [0.3, 0.4) is 0 Å². The molecular weight excluding hydrogens is 352 g/mol. The summed E-state index contributed by atoms with van der Waals surface area (Å²) < 4.78 is 5.29. The Bertz CT molecular complexity index is 769. The summed E-state index contributed by atoms with van der Waals surface area (Å²) in [6.07, 6.45) is 4.55. The number of aliphatic imine (C=N–C) groups is 1. The molecule has 1 saturated heterocycles. The third-order valence-electron chi connectivity index (χ3n) is 4.65. The number of nitrogens with one attached hydrogen (secondary N) is 1. The number of para-hydroxylation sites is 1. The van der Waals surface area contributed by atoms with Gasteiger partial charge in [0.1, 0.15) is 5.75 Å². The van der Waals surface area contributed by atoms with E-state index >= 15 is 0 Å². The number of carbonyl (C=O) groups is 1. The first-order valence-corrected chi connectivity index (χ1v) is 9.82. The van der Waals surface area contributed by atoms with E-state index in [1.54, 1.807) is 0 Å². The molecule has 0 bridgehead atoms. The molecule has 2 aromatic rings. The van der Waals surface area contributed by atoms with E-state index in [2.05, 4.69) is 22.3 Å². The van der Waals surface area contributed by atoms with Gasteiger partial charge in [-0.1, -0.05) is 30.3 Å². The van der Waals surface area contributed by atoms with Crippen molar-refractivity contribution in [3.63, 3.8) is 0 Å². The maximum atomic E-state index is 10.8. The van der Waals surface area contributed by atoms with E-state index in [0.717, 1.165) is 31.2 Å².